The Morgan fingerprint density at radius 1 is 1.47 bits per heavy atom. The molecule has 0 spiro atoms. The highest BCUT2D eigenvalue weighted by molar-refractivity contribution is 9.10. The van der Waals surface area contributed by atoms with Crippen LogP contribution in [0.5, 0.6) is 0 Å². The van der Waals surface area contributed by atoms with E-state index in [2.05, 4.69) is 65.1 Å². The summed E-state index contributed by atoms with van der Waals surface area (Å²) in [6.07, 6.45) is 0.808. The number of hydrogen-bond acceptors (Lipinski definition) is 3. The minimum atomic E-state index is 0.0895. The van der Waals surface area contributed by atoms with Gasteiger partial charge in [-0.3, -0.25) is 0 Å². The van der Waals surface area contributed by atoms with E-state index >= 15 is 0 Å². The van der Waals surface area contributed by atoms with Crippen LogP contribution in [0.1, 0.15) is 25.8 Å². The summed E-state index contributed by atoms with van der Waals surface area (Å²) >= 11 is 3.55. The van der Waals surface area contributed by atoms with Crippen LogP contribution < -0.4 is 10.2 Å². The van der Waals surface area contributed by atoms with Gasteiger partial charge < -0.3 is 15.3 Å². The Morgan fingerprint density at radius 3 is 2.84 bits per heavy atom. The van der Waals surface area contributed by atoms with Crippen molar-refractivity contribution in [1.82, 2.24) is 5.32 Å². The predicted molar refractivity (Wildman–Crippen MR) is 83.8 cm³/mol. The minimum Gasteiger partial charge on any atom is -0.396 e. The maximum absolute atomic E-state index is 9.12. The molecular weight excluding hydrogens is 304 g/mol. The maximum Gasteiger partial charge on any atom is 0.0471 e. The lowest BCUT2D eigenvalue weighted by molar-refractivity contribution is 0.239. The summed E-state index contributed by atoms with van der Waals surface area (Å²) in [7, 11) is 0. The molecule has 1 aromatic carbocycles. The summed E-state index contributed by atoms with van der Waals surface area (Å²) in [5.41, 5.74) is 2.60. The Balaban J connectivity index is 2.25. The molecule has 2 rings (SSSR count). The number of hydrogen-bond donors (Lipinski definition) is 2. The quantitative estimate of drug-likeness (QED) is 0.896. The lowest BCUT2D eigenvalue weighted by Crippen LogP contribution is -2.62. The van der Waals surface area contributed by atoms with Gasteiger partial charge in [0.05, 0.1) is 0 Å². The highest BCUT2D eigenvalue weighted by Crippen LogP contribution is 2.30. The number of rotatable bonds is 3. The first-order chi connectivity index (χ1) is 8.94. The highest BCUT2D eigenvalue weighted by atomic mass is 79.9. The van der Waals surface area contributed by atoms with Crippen molar-refractivity contribution in [3.8, 4) is 0 Å². The summed E-state index contributed by atoms with van der Waals surface area (Å²) in [6, 6.07) is 6.87. The van der Waals surface area contributed by atoms with Crippen LogP contribution in [-0.4, -0.2) is 36.4 Å². The standard InChI is InChI=1S/C15H23BrN2O/c1-11-8-13(4-5-14(11)16)18-9-12(6-7-19)17-10-15(18,2)3/h4-5,8,12,17,19H,6-7,9-10H2,1-3H3. The van der Waals surface area contributed by atoms with E-state index in [1.807, 2.05) is 0 Å². The number of aryl methyl sites for hydroxylation is 1. The van der Waals surface area contributed by atoms with Crippen molar-refractivity contribution in [3.05, 3.63) is 28.2 Å². The molecule has 0 bridgehead atoms. The van der Waals surface area contributed by atoms with Crippen molar-refractivity contribution in [1.29, 1.82) is 0 Å². The van der Waals surface area contributed by atoms with Gasteiger partial charge in [-0.25, -0.2) is 0 Å². The number of nitrogens with one attached hydrogen (secondary N) is 1. The van der Waals surface area contributed by atoms with Crippen molar-refractivity contribution >= 4 is 21.6 Å². The third kappa shape index (κ3) is 3.30. The van der Waals surface area contributed by atoms with Crippen molar-refractivity contribution in [3.63, 3.8) is 0 Å². The number of halogens is 1. The van der Waals surface area contributed by atoms with Crippen LogP contribution in [0.25, 0.3) is 0 Å². The molecule has 1 heterocycles. The zero-order chi connectivity index (χ0) is 14.0. The third-order valence-corrected chi connectivity index (χ3v) is 4.78. The van der Waals surface area contributed by atoms with Crippen molar-refractivity contribution < 1.29 is 5.11 Å². The lowest BCUT2D eigenvalue weighted by Gasteiger charge is -2.47. The molecule has 3 nitrogen and oxygen atoms in total. The van der Waals surface area contributed by atoms with E-state index in [1.165, 1.54) is 11.3 Å². The molecule has 1 unspecified atom stereocenters. The Labute approximate surface area is 124 Å². The van der Waals surface area contributed by atoms with E-state index in [1.54, 1.807) is 0 Å². The van der Waals surface area contributed by atoms with E-state index in [0.29, 0.717) is 6.04 Å². The molecule has 0 amide bonds. The molecule has 1 aliphatic heterocycles. The smallest absolute Gasteiger partial charge is 0.0471 e. The van der Waals surface area contributed by atoms with Crippen LogP contribution in [0.15, 0.2) is 22.7 Å². The Kier molecular flexibility index (Phi) is 4.54. The van der Waals surface area contributed by atoms with Gasteiger partial charge >= 0.3 is 0 Å². The van der Waals surface area contributed by atoms with Gasteiger partial charge in [0.1, 0.15) is 0 Å². The number of benzene rings is 1. The fourth-order valence-corrected chi connectivity index (χ4v) is 2.87. The summed E-state index contributed by atoms with van der Waals surface area (Å²) in [6.45, 7) is 8.75. The molecule has 0 radical (unpaired) electrons. The molecular formula is C15H23BrN2O. The summed E-state index contributed by atoms with van der Waals surface area (Å²) in [5, 5.41) is 12.6. The molecule has 2 N–H and O–H groups in total. The SMILES string of the molecule is Cc1cc(N2CC(CCO)NCC2(C)C)ccc1Br. The monoisotopic (exact) mass is 326 g/mol. The molecule has 1 aromatic rings. The molecule has 1 saturated heterocycles. The van der Waals surface area contributed by atoms with Gasteiger partial charge in [-0.15, -0.1) is 0 Å². The number of nitrogens with zero attached hydrogens (tertiary/aromatic N) is 1. The summed E-state index contributed by atoms with van der Waals surface area (Å²) < 4.78 is 1.15. The Bertz CT molecular complexity index is 448. The van der Waals surface area contributed by atoms with Crippen LogP contribution in [0, 0.1) is 6.92 Å². The number of anilines is 1. The molecule has 0 aromatic heterocycles. The van der Waals surface area contributed by atoms with Gasteiger partial charge in [0.15, 0.2) is 0 Å². The largest absolute Gasteiger partial charge is 0.396 e. The van der Waals surface area contributed by atoms with E-state index in [9.17, 15) is 0 Å². The zero-order valence-corrected chi connectivity index (χ0v) is 13.5. The van der Waals surface area contributed by atoms with Crippen LogP contribution >= 0.6 is 15.9 Å². The Morgan fingerprint density at radius 2 is 2.21 bits per heavy atom. The highest BCUT2D eigenvalue weighted by Gasteiger charge is 2.33. The van der Waals surface area contributed by atoms with E-state index in [0.717, 1.165) is 24.0 Å². The second-order valence-corrected chi connectivity index (χ2v) is 6.80. The lowest BCUT2D eigenvalue weighted by atomic mass is 9.95. The van der Waals surface area contributed by atoms with E-state index < -0.39 is 0 Å². The third-order valence-electron chi connectivity index (χ3n) is 3.89. The average Bonchev–Trinajstić information content (AvgIpc) is 2.35. The van der Waals surface area contributed by atoms with Crippen LogP contribution in [-0.2, 0) is 0 Å². The first kappa shape index (κ1) is 14.8. The van der Waals surface area contributed by atoms with Gasteiger partial charge in [-0.2, -0.15) is 0 Å². The second kappa shape index (κ2) is 5.81. The number of aliphatic hydroxyl groups excluding tert-OH is 1. The second-order valence-electron chi connectivity index (χ2n) is 5.95. The minimum absolute atomic E-state index is 0.0895. The van der Waals surface area contributed by atoms with E-state index in [4.69, 9.17) is 5.11 Å². The van der Waals surface area contributed by atoms with Crippen LogP contribution in [0.4, 0.5) is 5.69 Å². The molecule has 19 heavy (non-hydrogen) atoms. The van der Waals surface area contributed by atoms with E-state index in [-0.39, 0.29) is 12.1 Å². The summed E-state index contributed by atoms with van der Waals surface area (Å²) in [5.74, 6) is 0. The normalized spacial score (nSPS) is 22.6. The van der Waals surface area contributed by atoms with Gasteiger partial charge in [0.2, 0.25) is 0 Å². The van der Waals surface area contributed by atoms with Gasteiger partial charge in [-0.1, -0.05) is 15.9 Å². The fraction of sp³-hybridized carbons (Fsp3) is 0.600. The summed E-state index contributed by atoms with van der Waals surface area (Å²) in [4.78, 5) is 2.45. The Hall–Kier alpha value is -0.580. The van der Waals surface area contributed by atoms with Crippen molar-refractivity contribution in [2.75, 3.05) is 24.6 Å². The van der Waals surface area contributed by atoms with Gasteiger partial charge in [0.25, 0.3) is 0 Å². The molecule has 0 saturated carbocycles. The van der Waals surface area contributed by atoms with Crippen LogP contribution in [0.2, 0.25) is 0 Å². The van der Waals surface area contributed by atoms with Crippen molar-refractivity contribution in [2.45, 2.75) is 38.8 Å². The zero-order valence-electron chi connectivity index (χ0n) is 11.9. The number of piperazine rings is 1. The van der Waals surface area contributed by atoms with Crippen molar-refractivity contribution in [2.24, 2.45) is 0 Å². The first-order valence-electron chi connectivity index (χ1n) is 6.82. The van der Waals surface area contributed by atoms with Gasteiger partial charge in [0, 0.05) is 41.4 Å². The first-order valence-corrected chi connectivity index (χ1v) is 7.61. The van der Waals surface area contributed by atoms with Gasteiger partial charge in [-0.05, 0) is 51.0 Å². The molecule has 106 valence electrons. The fourth-order valence-electron chi connectivity index (χ4n) is 2.62. The molecule has 1 fully saturated rings. The molecule has 4 heteroatoms. The number of aliphatic hydroxyl groups is 1. The average molecular weight is 327 g/mol. The predicted octanol–water partition coefficient (Wildman–Crippen LogP) is 2.70. The molecule has 1 atom stereocenters. The topological polar surface area (TPSA) is 35.5 Å². The maximum atomic E-state index is 9.12. The molecule has 0 aliphatic carbocycles. The van der Waals surface area contributed by atoms with Crippen LogP contribution in [0.3, 0.4) is 0 Å². The molecule has 1 aliphatic rings.